The molecule has 0 bridgehead atoms. The minimum atomic E-state index is -0.894. The molecule has 0 saturated carbocycles. The van der Waals surface area contributed by atoms with E-state index in [1.54, 1.807) is 64.5 Å². The Morgan fingerprint density at radius 1 is 0.852 bits per heavy atom. The number of carbonyl (C=O) groups is 2. The maximum absolute atomic E-state index is 12.4. The molecule has 7 heteroatoms. The number of hydrogen-bond acceptors (Lipinski definition) is 5. The van der Waals surface area contributed by atoms with Crippen molar-refractivity contribution in [1.82, 2.24) is 5.32 Å². The van der Waals surface area contributed by atoms with Crippen molar-refractivity contribution in [1.29, 1.82) is 0 Å². The number of benzene rings is 2. The van der Waals surface area contributed by atoms with Gasteiger partial charge in [-0.15, -0.1) is 0 Å². The summed E-state index contributed by atoms with van der Waals surface area (Å²) in [7, 11) is 3.17. The first-order valence-corrected chi connectivity index (χ1v) is 8.48. The Labute approximate surface area is 159 Å². The molecule has 2 amide bonds. The second-order valence-corrected chi connectivity index (χ2v) is 6.44. The van der Waals surface area contributed by atoms with Crippen molar-refractivity contribution in [3.63, 3.8) is 0 Å². The largest absolute Gasteiger partial charge is 0.497 e. The third-order valence-corrected chi connectivity index (χ3v) is 3.90. The zero-order valence-electron chi connectivity index (χ0n) is 16.0. The highest BCUT2D eigenvalue weighted by Gasteiger charge is 2.27. The van der Waals surface area contributed by atoms with E-state index in [1.165, 1.54) is 0 Å². The molecule has 0 radical (unpaired) electrons. The zero-order chi connectivity index (χ0) is 19.9. The lowest BCUT2D eigenvalue weighted by Crippen LogP contribution is -2.49. The van der Waals surface area contributed by atoms with E-state index in [0.717, 1.165) is 11.4 Å². The summed E-state index contributed by atoms with van der Waals surface area (Å²) in [6, 6.07) is 14.2. The van der Waals surface area contributed by atoms with Gasteiger partial charge in [-0.05, 0) is 62.4 Å². The lowest BCUT2D eigenvalue weighted by Gasteiger charge is -2.26. The number of nitrogens with one attached hydrogen (secondary N) is 3. The van der Waals surface area contributed by atoms with Crippen molar-refractivity contribution >= 4 is 23.2 Å². The van der Waals surface area contributed by atoms with E-state index < -0.39 is 5.54 Å². The van der Waals surface area contributed by atoms with Crippen LogP contribution < -0.4 is 25.4 Å². The molecule has 0 aliphatic rings. The van der Waals surface area contributed by atoms with Crippen LogP contribution in [0.25, 0.3) is 0 Å². The highest BCUT2D eigenvalue weighted by atomic mass is 16.5. The molecule has 2 rings (SSSR count). The molecule has 2 aromatic rings. The summed E-state index contributed by atoms with van der Waals surface area (Å²) in [5.74, 6) is 0.836. The van der Waals surface area contributed by atoms with E-state index in [9.17, 15) is 9.59 Å². The molecule has 0 aliphatic heterocycles. The molecule has 0 spiro atoms. The quantitative estimate of drug-likeness (QED) is 0.664. The van der Waals surface area contributed by atoms with Gasteiger partial charge in [-0.25, -0.2) is 0 Å². The van der Waals surface area contributed by atoms with Crippen LogP contribution in [-0.4, -0.2) is 38.1 Å². The fourth-order valence-corrected chi connectivity index (χ4v) is 2.35. The maximum atomic E-state index is 12.4. The molecule has 0 aliphatic carbocycles. The smallest absolute Gasteiger partial charge is 0.245 e. The standard InChI is InChI=1S/C20H25N3O4/c1-20(2,23-15-7-11-17(27-4)12-8-15)19(25)21-13-18(24)22-14-5-9-16(26-3)10-6-14/h5-12,23H,13H2,1-4H3,(H,21,25)(H,22,24). The lowest BCUT2D eigenvalue weighted by atomic mass is 10.0. The molecule has 144 valence electrons. The first kappa shape index (κ1) is 20.1. The summed E-state index contributed by atoms with van der Waals surface area (Å²) < 4.78 is 10.2. The molecule has 0 unspecified atom stereocenters. The molecule has 7 nitrogen and oxygen atoms in total. The van der Waals surface area contributed by atoms with Crippen LogP contribution >= 0.6 is 0 Å². The average Bonchev–Trinajstić information content (AvgIpc) is 2.67. The summed E-state index contributed by atoms with van der Waals surface area (Å²) in [6.07, 6.45) is 0. The minimum Gasteiger partial charge on any atom is -0.497 e. The van der Waals surface area contributed by atoms with Crippen LogP contribution in [0.5, 0.6) is 11.5 Å². The van der Waals surface area contributed by atoms with Gasteiger partial charge >= 0.3 is 0 Å². The number of carbonyl (C=O) groups excluding carboxylic acids is 2. The number of rotatable bonds is 8. The minimum absolute atomic E-state index is 0.126. The molecule has 0 atom stereocenters. The van der Waals surface area contributed by atoms with Crippen LogP contribution in [0.4, 0.5) is 11.4 Å². The number of ether oxygens (including phenoxy) is 2. The van der Waals surface area contributed by atoms with Crippen LogP contribution in [-0.2, 0) is 9.59 Å². The van der Waals surface area contributed by atoms with Gasteiger partial charge in [0.15, 0.2) is 0 Å². The molecule has 0 saturated heterocycles. The topological polar surface area (TPSA) is 88.7 Å². The summed E-state index contributed by atoms with van der Waals surface area (Å²) in [5.41, 5.74) is 0.513. The van der Waals surface area contributed by atoms with Gasteiger partial charge in [-0.2, -0.15) is 0 Å². The Hall–Kier alpha value is -3.22. The Balaban J connectivity index is 1.85. The molecule has 3 N–H and O–H groups in total. The second kappa shape index (κ2) is 8.93. The van der Waals surface area contributed by atoms with Crippen LogP contribution in [0.3, 0.4) is 0 Å². The number of methoxy groups -OCH3 is 2. The highest BCUT2D eigenvalue weighted by molar-refractivity contribution is 5.96. The van der Waals surface area contributed by atoms with E-state index in [2.05, 4.69) is 16.0 Å². The normalized spacial score (nSPS) is 10.7. The Morgan fingerprint density at radius 2 is 1.33 bits per heavy atom. The Morgan fingerprint density at radius 3 is 1.81 bits per heavy atom. The maximum Gasteiger partial charge on any atom is 0.245 e. The van der Waals surface area contributed by atoms with E-state index in [0.29, 0.717) is 11.4 Å². The van der Waals surface area contributed by atoms with E-state index in [1.807, 2.05) is 12.1 Å². The molecule has 0 fully saturated rings. The van der Waals surface area contributed by atoms with Crippen LogP contribution in [0, 0.1) is 0 Å². The van der Waals surface area contributed by atoms with Gasteiger partial charge in [-0.1, -0.05) is 0 Å². The predicted molar refractivity (Wildman–Crippen MR) is 105 cm³/mol. The van der Waals surface area contributed by atoms with Gasteiger partial charge in [0.25, 0.3) is 0 Å². The van der Waals surface area contributed by atoms with Crippen molar-refractivity contribution in [3.8, 4) is 11.5 Å². The Kier molecular flexibility index (Phi) is 6.65. The molecular formula is C20H25N3O4. The van der Waals surface area contributed by atoms with Crippen LogP contribution in [0.15, 0.2) is 48.5 Å². The molecule has 0 aromatic heterocycles. The number of anilines is 2. The van der Waals surface area contributed by atoms with Gasteiger partial charge in [0.2, 0.25) is 11.8 Å². The highest BCUT2D eigenvalue weighted by Crippen LogP contribution is 2.19. The van der Waals surface area contributed by atoms with Crippen molar-refractivity contribution in [2.24, 2.45) is 0 Å². The summed E-state index contributed by atoms with van der Waals surface area (Å²) >= 11 is 0. The van der Waals surface area contributed by atoms with Crippen molar-refractivity contribution in [2.45, 2.75) is 19.4 Å². The Bertz CT molecular complexity index is 771. The van der Waals surface area contributed by atoms with Crippen molar-refractivity contribution in [2.75, 3.05) is 31.4 Å². The summed E-state index contributed by atoms with van der Waals surface area (Å²) in [6.45, 7) is 3.36. The van der Waals surface area contributed by atoms with E-state index in [4.69, 9.17) is 9.47 Å². The SMILES string of the molecule is COc1ccc(NC(=O)CNC(=O)C(C)(C)Nc2ccc(OC)cc2)cc1. The lowest BCUT2D eigenvalue weighted by molar-refractivity contribution is -0.126. The first-order valence-electron chi connectivity index (χ1n) is 8.48. The van der Waals surface area contributed by atoms with Gasteiger partial charge in [0.05, 0.1) is 20.8 Å². The van der Waals surface area contributed by atoms with Crippen molar-refractivity contribution < 1.29 is 19.1 Å². The van der Waals surface area contributed by atoms with Gasteiger partial charge < -0.3 is 25.4 Å². The monoisotopic (exact) mass is 371 g/mol. The first-order chi connectivity index (χ1) is 12.8. The van der Waals surface area contributed by atoms with Gasteiger partial charge in [0.1, 0.15) is 17.0 Å². The van der Waals surface area contributed by atoms with Crippen molar-refractivity contribution in [3.05, 3.63) is 48.5 Å². The summed E-state index contributed by atoms with van der Waals surface area (Å²) in [4.78, 5) is 24.5. The number of hydrogen-bond donors (Lipinski definition) is 3. The number of amides is 2. The van der Waals surface area contributed by atoms with E-state index in [-0.39, 0.29) is 18.4 Å². The third-order valence-electron chi connectivity index (χ3n) is 3.90. The zero-order valence-corrected chi connectivity index (χ0v) is 16.0. The van der Waals surface area contributed by atoms with Crippen LogP contribution in [0.1, 0.15) is 13.8 Å². The predicted octanol–water partition coefficient (Wildman–Crippen LogP) is 2.65. The molecule has 2 aromatic carbocycles. The van der Waals surface area contributed by atoms with Gasteiger partial charge in [0, 0.05) is 11.4 Å². The molecular weight excluding hydrogens is 346 g/mol. The fourth-order valence-electron chi connectivity index (χ4n) is 2.35. The molecule has 27 heavy (non-hydrogen) atoms. The molecule has 0 heterocycles. The second-order valence-electron chi connectivity index (χ2n) is 6.44. The fraction of sp³-hybridized carbons (Fsp3) is 0.300. The van der Waals surface area contributed by atoms with E-state index >= 15 is 0 Å². The third kappa shape index (κ3) is 5.91. The summed E-state index contributed by atoms with van der Waals surface area (Å²) in [5, 5.41) is 8.51. The average molecular weight is 371 g/mol. The van der Waals surface area contributed by atoms with Crippen LogP contribution in [0.2, 0.25) is 0 Å². The van der Waals surface area contributed by atoms with Gasteiger partial charge in [-0.3, -0.25) is 9.59 Å².